The van der Waals surface area contributed by atoms with E-state index in [2.05, 4.69) is 10.5 Å². The second-order valence-corrected chi connectivity index (χ2v) is 7.89. The maximum absolute atomic E-state index is 13.2. The van der Waals surface area contributed by atoms with Gasteiger partial charge in [-0.25, -0.2) is 0 Å². The van der Waals surface area contributed by atoms with Crippen LogP contribution in [0.25, 0.3) is 11.3 Å². The number of fused-ring (bicyclic) bond motifs is 2. The fourth-order valence-electron chi connectivity index (χ4n) is 4.24. The summed E-state index contributed by atoms with van der Waals surface area (Å²) in [6.07, 6.45) is 4.02. The standard InChI is InChI=1S/C24H23N3O4/c28-23(20-15-22(31-26-20)16-6-2-1-3-7-16)25-17-9-10-21-19(14-17)24(29)27-12-5-4-8-18(27)11-13-30-21/h1-3,6-7,9-10,14-15,18H,4-5,8,11-13H2,(H,25,28)/t18-/m1/s1. The molecule has 0 saturated carbocycles. The van der Waals surface area contributed by atoms with Crippen molar-refractivity contribution in [1.29, 1.82) is 0 Å². The molecular weight excluding hydrogens is 394 g/mol. The molecule has 7 heteroatoms. The smallest absolute Gasteiger partial charge is 0.277 e. The summed E-state index contributed by atoms with van der Waals surface area (Å²) in [7, 11) is 0. The molecule has 0 spiro atoms. The summed E-state index contributed by atoms with van der Waals surface area (Å²) in [6.45, 7) is 1.34. The molecule has 31 heavy (non-hydrogen) atoms. The molecule has 1 aromatic heterocycles. The van der Waals surface area contributed by atoms with Gasteiger partial charge >= 0.3 is 0 Å². The van der Waals surface area contributed by atoms with Crippen LogP contribution in [-0.2, 0) is 0 Å². The Labute approximate surface area is 180 Å². The molecule has 0 aliphatic carbocycles. The van der Waals surface area contributed by atoms with Crippen LogP contribution in [0.1, 0.15) is 46.5 Å². The van der Waals surface area contributed by atoms with E-state index in [9.17, 15) is 9.59 Å². The molecule has 2 aliphatic rings. The Balaban J connectivity index is 1.37. The highest BCUT2D eigenvalue weighted by molar-refractivity contribution is 6.05. The minimum atomic E-state index is -0.402. The van der Waals surface area contributed by atoms with Crippen LogP contribution in [0.2, 0.25) is 0 Å². The van der Waals surface area contributed by atoms with E-state index in [4.69, 9.17) is 9.26 Å². The van der Waals surface area contributed by atoms with Crippen molar-refractivity contribution in [3.05, 3.63) is 65.9 Å². The fraction of sp³-hybridized carbons (Fsp3) is 0.292. The average molecular weight is 417 g/mol. The number of rotatable bonds is 3. The zero-order valence-electron chi connectivity index (χ0n) is 17.0. The van der Waals surface area contributed by atoms with Crippen molar-refractivity contribution in [1.82, 2.24) is 10.1 Å². The minimum Gasteiger partial charge on any atom is -0.493 e. The van der Waals surface area contributed by atoms with Gasteiger partial charge in [-0.1, -0.05) is 35.5 Å². The molecule has 3 heterocycles. The second-order valence-electron chi connectivity index (χ2n) is 7.89. The van der Waals surface area contributed by atoms with Crippen molar-refractivity contribution in [3.63, 3.8) is 0 Å². The molecule has 1 atom stereocenters. The largest absolute Gasteiger partial charge is 0.493 e. The van der Waals surface area contributed by atoms with Gasteiger partial charge in [-0.2, -0.15) is 0 Å². The Hall–Kier alpha value is -3.61. The number of nitrogens with one attached hydrogen (secondary N) is 1. The summed E-state index contributed by atoms with van der Waals surface area (Å²) in [5, 5.41) is 6.70. The van der Waals surface area contributed by atoms with E-state index in [-0.39, 0.29) is 17.6 Å². The second kappa shape index (κ2) is 8.26. The molecule has 2 aromatic carbocycles. The predicted molar refractivity (Wildman–Crippen MR) is 115 cm³/mol. The lowest BCUT2D eigenvalue weighted by Gasteiger charge is -2.37. The van der Waals surface area contributed by atoms with E-state index >= 15 is 0 Å². The van der Waals surface area contributed by atoms with E-state index in [0.717, 1.165) is 37.8 Å². The number of aromatic nitrogens is 1. The van der Waals surface area contributed by atoms with Gasteiger partial charge in [0.1, 0.15) is 5.75 Å². The van der Waals surface area contributed by atoms with E-state index in [0.29, 0.717) is 29.4 Å². The monoisotopic (exact) mass is 417 g/mol. The van der Waals surface area contributed by atoms with Gasteiger partial charge in [0.15, 0.2) is 11.5 Å². The third-order valence-electron chi connectivity index (χ3n) is 5.87. The molecule has 158 valence electrons. The van der Waals surface area contributed by atoms with E-state index in [1.54, 1.807) is 24.3 Å². The van der Waals surface area contributed by atoms with Gasteiger partial charge in [0.25, 0.3) is 11.8 Å². The first-order valence-corrected chi connectivity index (χ1v) is 10.6. The number of nitrogens with zero attached hydrogens (tertiary/aromatic N) is 2. The van der Waals surface area contributed by atoms with Crippen molar-refractivity contribution in [3.8, 4) is 17.1 Å². The van der Waals surface area contributed by atoms with Gasteiger partial charge in [-0.05, 0) is 37.5 Å². The molecule has 2 amide bonds. The third-order valence-corrected chi connectivity index (χ3v) is 5.87. The molecule has 1 fully saturated rings. The first-order chi connectivity index (χ1) is 15.2. The maximum atomic E-state index is 13.2. The van der Waals surface area contributed by atoms with Crippen LogP contribution in [0.3, 0.4) is 0 Å². The Bertz CT molecular complexity index is 1110. The molecule has 0 radical (unpaired) electrons. The first-order valence-electron chi connectivity index (χ1n) is 10.6. The molecule has 1 saturated heterocycles. The number of carbonyl (C=O) groups is 2. The molecule has 7 nitrogen and oxygen atoms in total. The number of benzene rings is 2. The molecule has 2 aliphatic heterocycles. The highest BCUT2D eigenvalue weighted by Gasteiger charge is 2.31. The molecule has 0 bridgehead atoms. The lowest BCUT2D eigenvalue weighted by atomic mass is 9.97. The number of ether oxygens (including phenoxy) is 1. The Morgan fingerprint density at radius 3 is 2.81 bits per heavy atom. The topological polar surface area (TPSA) is 84.7 Å². The number of anilines is 1. The molecular formula is C24H23N3O4. The number of hydrogen-bond donors (Lipinski definition) is 1. The van der Waals surface area contributed by atoms with Crippen molar-refractivity contribution in [2.24, 2.45) is 0 Å². The fourth-order valence-corrected chi connectivity index (χ4v) is 4.24. The van der Waals surface area contributed by atoms with Crippen LogP contribution in [-0.4, -0.2) is 41.1 Å². The van der Waals surface area contributed by atoms with E-state index in [1.165, 1.54) is 0 Å². The highest BCUT2D eigenvalue weighted by Crippen LogP contribution is 2.31. The van der Waals surface area contributed by atoms with Crippen LogP contribution in [0.15, 0.2) is 59.1 Å². The van der Waals surface area contributed by atoms with Crippen LogP contribution >= 0.6 is 0 Å². The minimum absolute atomic E-state index is 0.0386. The van der Waals surface area contributed by atoms with Gasteiger partial charge in [0.2, 0.25) is 0 Å². The quantitative estimate of drug-likeness (QED) is 0.684. The molecule has 3 aromatic rings. The van der Waals surface area contributed by atoms with Crippen molar-refractivity contribution >= 4 is 17.5 Å². The van der Waals surface area contributed by atoms with E-state index in [1.807, 2.05) is 35.2 Å². The van der Waals surface area contributed by atoms with Crippen LogP contribution in [0.5, 0.6) is 5.75 Å². The first kappa shape index (κ1) is 19.4. The summed E-state index contributed by atoms with van der Waals surface area (Å²) < 4.78 is 11.2. The lowest BCUT2D eigenvalue weighted by Crippen LogP contribution is -2.45. The predicted octanol–water partition coefficient (Wildman–Crippen LogP) is 4.37. The van der Waals surface area contributed by atoms with Gasteiger partial charge in [-0.3, -0.25) is 9.59 Å². The summed E-state index contributed by atoms with van der Waals surface area (Å²) >= 11 is 0. The normalized spacial score (nSPS) is 18.3. The molecule has 0 unspecified atom stereocenters. The highest BCUT2D eigenvalue weighted by atomic mass is 16.5. The summed E-state index contributed by atoms with van der Waals surface area (Å²) in [4.78, 5) is 27.9. The summed E-state index contributed by atoms with van der Waals surface area (Å²) in [5.41, 5.74) is 2.01. The van der Waals surface area contributed by atoms with Gasteiger partial charge in [-0.15, -0.1) is 0 Å². The summed E-state index contributed by atoms with van der Waals surface area (Å²) in [5.74, 6) is 0.632. The van der Waals surface area contributed by atoms with Crippen LogP contribution in [0.4, 0.5) is 5.69 Å². The third kappa shape index (κ3) is 3.91. The lowest BCUT2D eigenvalue weighted by molar-refractivity contribution is 0.0548. The van der Waals surface area contributed by atoms with Gasteiger partial charge < -0.3 is 19.5 Å². The number of piperidine rings is 1. The summed E-state index contributed by atoms with van der Waals surface area (Å²) in [6, 6.07) is 16.4. The zero-order valence-corrected chi connectivity index (χ0v) is 17.0. The number of carbonyl (C=O) groups excluding carboxylic acids is 2. The Morgan fingerprint density at radius 1 is 1.06 bits per heavy atom. The zero-order chi connectivity index (χ0) is 21.2. The maximum Gasteiger partial charge on any atom is 0.277 e. The molecule has 5 rings (SSSR count). The van der Waals surface area contributed by atoms with Gasteiger partial charge in [0, 0.05) is 36.3 Å². The number of amides is 2. The number of hydrogen-bond acceptors (Lipinski definition) is 5. The Morgan fingerprint density at radius 2 is 1.94 bits per heavy atom. The van der Waals surface area contributed by atoms with Crippen LogP contribution < -0.4 is 10.1 Å². The Kier molecular flexibility index (Phi) is 5.16. The van der Waals surface area contributed by atoms with Crippen molar-refractivity contribution in [2.45, 2.75) is 31.7 Å². The van der Waals surface area contributed by atoms with Crippen molar-refractivity contribution < 1.29 is 18.8 Å². The van der Waals surface area contributed by atoms with Crippen LogP contribution in [0, 0.1) is 0 Å². The SMILES string of the molecule is O=C(Nc1ccc2c(c1)C(=O)N1CCCC[C@@H]1CCO2)c1cc(-c2ccccc2)on1. The average Bonchev–Trinajstić information content (AvgIpc) is 3.30. The molecule has 1 N–H and O–H groups in total. The van der Waals surface area contributed by atoms with E-state index < -0.39 is 5.91 Å². The van der Waals surface area contributed by atoms with Gasteiger partial charge in [0.05, 0.1) is 12.2 Å². The van der Waals surface area contributed by atoms with Crippen molar-refractivity contribution in [2.75, 3.05) is 18.5 Å².